The molecule has 2 amide bonds. The number of aliphatic hydroxyl groups excluding tert-OH is 1. The van der Waals surface area contributed by atoms with Crippen molar-refractivity contribution in [3.05, 3.63) is 42.4 Å². The maximum absolute atomic E-state index is 12.3. The third-order valence-electron chi connectivity index (χ3n) is 4.50. The van der Waals surface area contributed by atoms with Crippen LogP contribution in [-0.4, -0.2) is 50.0 Å². The Hall–Kier alpha value is -2.41. The smallest absolute Gasteiger partial charge is 0.317 e. The number of nitrogens with zero attached hydrogens (tertiary/aromatic N) is 4. The summed E-state index contributed by atoms with van der Waals surface area (Å²) in [6.45, 7) is 3.65. The van der Waals surface area contributed by atoms with Crippen molar-refractivity contribution >= 4 is 6.03 Å². The van der Waals surface area contributed by atoms with Crippen molar-refractivity contribution in [2.45, 2.75) is 32.4 Å². The Bertz CT molecular complexity index is 663. The molecule has 0 radical (unpaired) electrons. The summed E-state index contributed by atoms with van der Waals surface area (Å²) in [6.07, 6.45) is 6.65. The fraction of sp³-hybridized carbons (Fsp3) is 0.471. The molecule has 2 N–H and O–H groups in total. The van der Waals surface area contributed by atoms with Crippen LogP contribution < -0.4 is 5.32 Å². The SMILES string of the molecule is CC(O)C1CCN(C(=O)NCc2ccnc(-n3cccn3)c2)CC1. The van der Waals surface area contributed by atoms with Crippen LogP contribution in [0.2, 0.25) is 0 Å². The molecule has 24 heavy (non-hydrogen) atoms. The molecule has 0 aromatic carbocycles. The molecule has 3 heterocycles. The Morgan fingerprint density at radius 2 is 2.21 bits per heavy atom. The van der Waals surface area contributed by atoms with Gasteiger partial charge in [-0.15, -0.1) is 0 Å². The number of nitrogens with one attached hydrogen (secondary N) is 1. The number of rotatable bonds is 4. The van der Waals surface area contributed by atoms with Crippen LogP contribution >= 0.6 is 0 Å². The van der Waals surface area contributed by atoms with Gasteiger partial charge in [-0.2, -0.15) is 5.10 Å². The van der Waals surface area contributed by atoms with Crippen LogP contribution in [0.25, 0.3) is 5.82 Å². The van der Waals surface area contributed by atoms with Crippen LogP contribution in [-0.2, 0) is 6.54 Å². The summed E-state index contributed by atoms with van der Waals surface area (Å²) < 4.78 is 1.69. The average molecular weight is 329 g/mol. The molecule has 1 saturated heterocycles. The van der Waals surface area contributed by atoms with E-state index >= 15 is 0 Å². The first-order valence-corrected chi connectivity index (χ1v) is 8.29. The second-order valence-electron chi connectivity index (χ2n) is 6.20. The van der Waals surface area contributed by atoms with Crippen LogP contribution in [0.3, 0.4) is 0 Å². The molecule has 1 atom stereocenters. The van der Waals surface area contributed by atoms with Gasteiger partial charge in [0.05, 0.1) is 6.10 Å². The maximum atomic E-state index is 12.3. The van der Waals surface area contributed by atoms with Gasteiger partial charge in [0.1, 0.15) is 0 Å². The monoisotopic (exact) mass is 329 g/mol. The molecule has 1 fully saturated rings. The van der Waals surface area contributed by atoms with Crippen molar-refractivity contribution < 1.29 is 9.90 Å². The van der Waals surface area contributed by atoms with Crippen molar-refractivity contribution in [3.63, 3.8) is 0 Å². The number of hydrogen-bond donors (Lipinski definition) is 2. The molecule has 128 valence electrons. The summed E-state index contributed by atoms with van der Waals surface area (Å²) in [4.78, 5) is 18.4. The van der Waals surface area contributed by atoms with E-state index in [1.54, 1.807) is 17.1 Å². The first kappa shape index (κ1) is 16.4. The van der Waals surface area contributed by atoms with E-state index < -0.39 is 0 Å². The minimum atomic E-state index is -0.298. The number of piperidine rings is 1. The van der Waals surface area contributed by atoms with Crippen LogP contribution in [0.1, 0.15) is 25.3 Å². The Balaban J connectivity index is 1.53. The topological polar surface area (TPSA) is 83.3 Å². The minimum absolute atomic E-state index is 0.0588. The van der Waals surface area contributed by atoms with Crippen LogP contribution in [0.4, 0.5) is 4.79 Å². The number of carbonyl (C=O) groups excluding carboxylic acids is 1. The number of likely N-dealkylation sites (tertiary alicyclic amines) is 1. The van der Waals surface area contributed by atoms with E-state index in [0.717, 1.165) is 24.2 Å². The Morgan fingerprint density at radius 1 is 1.42 bits per heavy atom. The van der Waals surface area contributed by atoms with Crippen molar-refractivity contribution in [2.24, 2.45) is 5.92 Å². The zero-order valence-electron chi connectivity index (χ0n) is 13.8. The fourth-order valence-electron chi connectivity index (χ4n) is 2.97. The first-order chi connectivity index (χ1) is 11.6. The van der Waals surface area contributed by atoms with Crippen molar-refractivity contribution in [2.75, 3.05) is 13.1 Å². The number of aliphatic hydroxyl groups is 1. The van der Waals surface area contributed by atoms with E-state index in [1.165, 1.54) is 0 Å². The molecule has 0 bridgehead atoms. The molecule has 7 nitrogen and oxygen atoms in total. The highest BCUT2D eigenvalue weighted by atomic mass is 16.3. The highest BCUT2D eigenvalue weighted by Crippen LogP contribution is 2.20. The molecule has 0 spiro atoms. The molecule has 0 aliphatic carbocycles. The number of carbonyl (C=O) groups is 1. The Kier molecular flexibility index (Phi) is 5.10. The largest absolute Gasteiger partial charge is 0.393 e. The maximum Gasteiger partial charge on any atom is 0.317 e. The van der Waals surface area contributed by atoms with Crippen LogP contribution in [0, 0.1) is 5.92 Å². The number of hydrogen-bond acceptors (Lipinski definition) is 4. The summed E-state index contributed by atoms with van der Waals surface area (Å²) >= 11 is 0. The van der Waals surface area contributed by atoms with Gasteiger partial charge in [0.25, 0.3) is 0 Å². The van der Waals surface area contributed by atoms with E-state index in [0.29, 0.717) is 25.6 Å². The molecule has 3 rings (SSSR count). The van der Waals surface area contributed by atoms with Crippen molar-refractivity contribution in [3.8, 4) is 5.82 Å². The van der Waals surface area contributed by atoms with E-state index in [1.807, 2.05) is 36.2 Å². The number of amides is 2. The molecule has 1 aliphatic heterocycles. The molecule has 2 aromatic heterocycles. The van der Waals surface area contributed by atoms with E-state index in [2.05, 4.69) is 15.4 Å². The lowest BCUT2D eigenvalue weighted by atomic mass is 9.92. The second kappa shape index (κ2) is 7.44. The third-order valence-corrected chi connectivity index (χ3v) is 4.50. The van der Waals surface area contributed by atoms with E-state index in [-0.39, 0.29) is 12.1 Å². The standard InChI is InChI=1S/C17H23N5O2/c1-13(23)15-4-9-21(10-5-15)17(24)19-12-14-3-7-18-16(11-14)22-8-2-6-20-22/h2-3,6-8,11,13,15,23H,4-5,9-10,12H2,1H3,(H,19,24). The summed E-state index contributed by atoms with van der Waals surface area (Å²) in [5.74, 6) is 1.02. The van der Waals surface area contributed by atoms with Gasteiger partial charge >= 0.3 is 6.03 Å². The molecular weight excluding hydrogens is 306 g/mol. The Labute approximate surface area is 141 Å². The highest BCUT2D eigenvalue weighted by Gasteiger charge is 2.25. The zero-order chi connectivity index (χ0) is 16.9. The number of aromatic nitrogens is 3. The van der Waals surface area contributed by atoms with Gasteiger partial charge in [-0.25, -0.2) is 14.5 Å². The number of urea groups is 1. The van der Waals surface area contributed by atoms with Gasteiger partial charge in [-0.3, -0.25) is 0 Å². The molecule has 7 heteroatoms. The summed E-state index contributed by atoms with van der Waals surface area (Å²) in [6, 6.07) is 5.57. The van der Waals surface area contributed by atoms with Gasteiger partial charge in [-0.1, -0.05) is 0 Å². The lowest BCUT2D eigenvalue weighted by molar-refractivity contribution is 0.0798. The van der Waals surface area contributed by atoms with Gasteiger partial charge in [0, 0.05) is 38.2 Å². The van der Waals surface area contributed by atoms with Crippen molar-refractivity contribution in [1.29, 1.82) is 0 Å². The third kappa shape index (κ3) is 3.91. The quantitative estimate of drug-likeness (QED) is 0.892. The van der Waals surface area contributed by atoms with Crippen LogP contribution in [0.5, 0.6) is 0 Å². The average Bonchev–Trinajstić information content (AvgIpc) is 3.15. The van der Waals surface area contributed by atoms with Gasteiger partial charge in [0.2, 0.25) is 0 Å². The lowest BCUT2D eigenvalue weighted by Gasteiger charge is -2.33. The molecule has 0 saturated carbocycles. The molecule has 2 aromatic rings. The first-order valence-electron chi connectivity index (χ1n) is 8.29. The molecule has 1 unspecified atom stereocenters. The molecule has 1 aliphatic rings. The van der Waals surface area contributed by atoms with Crippen LogP contribution in [0.15, 0.2) is 36.8 Å². The van der Waals surface area contributed by atoms with Gasteiger partial charge < -0.3 is 15.3 Å². The predicted molar refractivity (Wildman–Crippen MR) is 89.6 cm³/mol. The normalized spacial score (nSPS) is 16.8. The minimum Gasteiger partial charge on any atom is -0.393 e. The van der Waals surface area contributed by atoms with E-state index in [4.69, 9.17) is 0 Å². The lowest BCUT2D eigenvalue weighted by Crippen LogP contribution is -2.45. The van der Waals surface area contributed by atoms with Gasteiger partial charge in [0.15, 0.2) is 5.82 Å². The molecular formula is C17H23N5O2. The van der Waals surface area contributed by atoms with Gasteiger partial charge in [-0.05, 0) is 49.4 Å². The Morgan fingerprint density at radius 3 is 2.88 bits per heavy atom. The summed E-state index contributed by atoms with van der Waals surface area (Å²) in [5, 5.41) is 16.7. The predicted octanol–water partition coefficient (Wildman–Crippen LogP) is 1.57. The van der Waals surface area contributed by atoms with E-state index in [9.17, 15) is 9.90 Å². The highest BCUT2D eigenvalue weighted by molar-refractivity contribution is 5.74. The summed E-state index contributed by atoms with van der Waals surface area (Å²) in [7, 11) is 0. The van der Waals surface area contributed by atoms with Crippen molar-refractivity contribution in [1.82, 2.24) is 25.0 Å². The second-order valence-corrected chi connectivity index (χ2v) is 6.20. The fourth-order valence-corrected chi connectivity index (χ4v) is 2.97. The summed E-state index contributed by atoms with van der Waals surface area (Å²) in [5.41, 5.74) is 0.975. The zero-order valence-corrected chi connectivity index (χ0v) is 13.8. The number of pyridine rings is 1.